The number of benzene rings is 1. The van der Waals surface area contributed by atoms with Crippen LogP contribution in [0.25, 0.3) is 11.1 Å². The molecular formula is C22H23FN4O2. The van der Waals surface area contributed by atoms with E-state index in [1.807, 2.05) is 19.1 Å². The predicted molar refractivity (Wildman–Crippen MR) is 107 cm³/mol. The SMILES string of the molecule is Cc1cc2c(NC3(C)CC3)nc(C(=O)N3CCCC3c3cccc(F)c3)nc2o1. The minimum atomic E-state index is -0.297. The molecule has 2 aromatic heterocycles. The molecule has 150 valence electrons. The molecule has 1 aromatic carbocycles. The zero-order chi connectivity index (χ0) is 20.2. The highest BCUT2D eigenvalue weighted by atomic mass is 19.1. The molecule has 1 saturated carbocycles. The van der Waals surface area contributed by atoms with Gasteiger partial charge in [-0.15, -0.1) is 0 Å². The topological polar surface area (TPSA) is 71.3 Å². The van der Waals surface area contributed by atoms with Crippen molar-refractivity contribution in [1.29, 1.82) is 0 Å². The van der Waals surface area contributed by atoms with E-state index in [9.17, 15) is 9.18 Å². The molecule has 0 spiro atoms. The fourth-order valence-electron chi connectivity index (χ4n) is 4.03. The lowest BCUT2D eigenvalue weighted by Gasteiger charge is -2.24. The number of carbonyl (C=O) groups excluding carboxylic acids is 1. The lowest BCUT2D eigenvalue weighted by Crippen LogP contribution is -2.32. The molecule has 3 aromatic rings. The first-order valence-corrected chi connectivity index (χ1v) is 10.0. The number of carbonyl (C=O) groups is 1. The molecule has 6 nitrogen and oxygen atoms in total. The van der Waals surface area contributed by atoms with Gasteiger partial charge in [-0.1, -0.05) is 12.1 Å². The van der Waals surface area contributed by atoms with Gasteiger partial charge in [0.25, 0.3) is 5.91 Å². The van der Waals surface area contributed by atoms with E-state index in [2.05, 4.69) is 22.2 Å². The standard InChI is InChI=1S/C22H23FN4O2/c1-13-11-16-18(26-22(2)8-9-22)24-19(25-20(16)29-13)21(28)27-10-4-7-17(27)14-5-3-6-15(23)12-14/h3,5-6,11-12,17H,4,7-10H2,1-2H3,(H,24,25,26). The molecule has 1 atom stereocenters. The lowest BCUT2D eigenvalue weighted by molar-refractivity contribution is 0.0723. The van der Waals surface area contributed by atoms with Crippen molar-refractivity contribution in [2.45, 2.75) is 51.1 Å². The molecule has 1 amide bonds. The number of fused-ring (bicyclic) bond motifs is 1. The zero-order valence-electron chi connectivity index (χ0n) is 16.5. The molecule has 29 heavy (non-hydrogen) atoms. The summed E-state index contributed by atoms with van der Waals surface area (Å²) < 4.78 is 19.4. The second-order valence-corrected chi connectivity index (χ2v) is 8.37. The van der Waals surface area contributed by atoms with Crippen LogP contribution in [0, 0.1) is 12.7 Å². The highest BCUT2D eigenvalue weighted by molar-refractivity contribution is 5.95. The van der Waals surface area contributed by atoms with Crippen molar-refractivity contribution in [1.82, 2.24) is 14.9 Å². The summed E-state index contributed by atoms with van der Waals surface area (Å²) in [4.78, 5) is 24.1. The van der Waals surface area contributed by atoms with Gasteiger partial charge < -0.3 is 14.6 Å². The Hall–Kier alpha value is -2.96. The first-order chi connectivity index (χ1) is 13.9. The second kappa shape index (κ2) is 6.54. The van der Waals surface area contributed by atoms with Crippen LogP contribution in [-0.4, -0.2) is 32.9 Å². The van der Waals surface area contributed by atoms with E-state index >= 15 is 0 Å². The minimum Gasteiger partial charge on any atom is -0.443 e. The van der Waals surface area contributed by atoms with Gasteiger partial charge in [0.05, 0.1) is 11.4 Å². The summed E-state index contributed by atoms with van der Waals surface area (Å²) in [6.07, 6.45) is 3.78. The average Bonchev–Trinajstić information content (AvgIpc) is 3.08. The van der Waals surface area contributed by atoms with Crippen molar-refractivity contribution in [3.8, 4) is 0 Å². The third-order valence-corrected chi connectivity index (χ3v) is 5.87. The van der Waals surface area contributed by atoms with Gasteiger partial charge >= 0.3 is 0 Å². The largest absolute Gasteiger partial charge is 0.443 e. The Morgan fingerprint density at radius 3 is 2.90 bits per heavy atom. The number of rotatable bonds is 4. The highest BCUT2D eigenvalue weighted by Crippen LogP contribution is 2.40. The van der Waals surface area contributed by atoms with Gasteiger partial charge in [-0.25, -0.2) is 9.37 Å². The summed E-state index contributed by atoms with van der Waals surface area (Å²) in [6.45, 7) is 4.58. The van der Waals surface area contributed by atoms with Crippen LogP contribution in [0.5, 0.6) is 0 Å². The van der Waals surface area contributed by atoms with Gasteiger partial charge in [-0.3, -0.25) is 4.79 Å². The summed E-state index contributed by atoms with van der Waals surface area (Å²) >= 11 is 0. The van der Waals surface area contributed by atoms with Crippen molar-refractivity contribution in [2.24, 2.45) is 0 Å². The molecule has 2 fully saturated rings. The van der Waals surface area contributed by atoms with Gasteiger partial charge in [0.1, 0.15) is 17.4 Å². The smallest absolute Gasteiger partial charge is 0.292 e. The third-order valence-electron chi connectivity index (χ3n) is 5.87. The summed E-state index contributed by atoms with van der Waals surface area (Å²) in [5.74, 6) is 0.923. The molecule has 0 radical (unpaired) electrons. The molecule has 1 aliphatic carbocycles. The molecule has 5 rings (SSSR count). The molecule has 1 unspecified atom stereocenters. The van der Waals surface area contributed by atoms with Crippen LogP contribution in [-0.2, 0) is 0 Å². The monoisotopic (exact) mass is 394 g/mol. The van der Waals surface area contributed by atoms with Gasteiger partial charge in [0, 0.05) is 12.1 Å². The van der Waals surface area contributed by atoms with E-state index in [1.54, 1.807) is 11.0 Å². The van der Waals surface area contributed by atoms with Crippen LogP contribution in [0.15, 0.2) is 34.7 Å². The normalized spacial score (nSPS) is 20.2. The molecule has 1 saturated heterocycles. The Morgan fingerprint density at radius 2 is 2.14 bits per heavy atom. The van der Waals surface area contributed by atoms with E-state index in [1.165, 1.54) is 12.1 Å². The van der Waals surface area contributed by atoms with Crippen LogP contribution in [0.1, 0.15) is 60.6 Å². The lowest BCUT2D eigenvalue weighted by atomic mass is 10.0. The first-order valence-electron chi connectivity index (χ1n) is 10.0. The number of anilines is 1. The summed E-state index contributed by atoms with van der Waals surface area (Å²) in [6, 6.07) is 8.17. The first kappa shape index (κ1) is 18.1. The van der Waals surface area contributed by atoms with E-state index in [0.717, 1.165) is 42.4 Å². The molecule has 2 aliphatic rings. The number of aromatic nitrogens is 2. The van der Waals surface area contributed by atoms with Gasteiger partial charge in [-0.2, -0.15) is 4.98 Å². The molecule has 7 heteroatoms. The second-order valence-electron chi connectivity index (χ2n) is 8.37. The number of amides is 1. The molecular weight excluding hydrogens is 371 g/mol. The minimum absolute atomic E-state index is 0.00448. The van der Waals surface area contributed by atoms with Crippen LogP contribution < -0.4 is 5.32 Å². The summed E-state index contributed by atoms with van der Waals surface area (Å²) in [7, 11) is 0. The van der Waals surface area contributed by atoms with Crippen LogP contribution >= 0.6 is 0 Å². The number of hydrogen-bond acceptors (Lipinski definition) is 5. The van der Waals surface area contributed by atoms with Crippen molar-refractivity contribution in [2.75, 3.05) is 11.9 Å². The Morgan fingerprint density at radius 1 is 1.31 bits per heavy atom. The summed E-state index contributed by atoms with van der Waals surface area (Å²) in [5, 5.41) is 4.24. The maximum Gasteiger partial charge on any atom is 0.292 e. The van der Waals surface area contributed by atoms with E-state index in [4.69, 9.17) is 4.42 Å². The fraction of sp³-hybridized carbons (Fsp3) is 0.409. The van der Waals surface area contributed by atoms with Crippen LogP contribution in [0.4, 0.5) is 10.2 Å². The van der Waals surface area contributed by atoms with Crippen molar-refractivity contribution >= 4 is 22.8 Å². The molecule has 1 aliphatic heterocycles. The number of nitrogens with one attached hydrogen (secondary N) is 1. The molecule has 0 bridgehead atoms. The molecule has 3 heterocycles. The van der Waals surface area contributed by atoms with E-state index in [0.29, 0.717) is 18.1 Å². The van der Waals surface area contributed by atoms with Crippen LogP contribution in [0.2, 0.25) is 0 Å². The maximum absolute atomic E-state index is 13.7. The Labute approximate surface area is 168 Å². The van der Waals surface area contributed by atoms with E-state index in [-0.39, 0.29) is 29.1 Å². The Kier molecular flexibility index (Phi) is 4.08. The van der Waals surface area contributed by atoms with Gasteiger partial charge in [0.2, 0.25) is 11.5 Å². The predicted octanol–water partition coefficient (Wildman–Crippen LogP) is 4.61. The number of aryl methyl sites for hydroxylation is 1. The Bertz CT molecular complexity index is 1110. The molecule has 1 N–H and O–H groups in total. The van der Waals surface area contributed by atoms with Crippen LogP contribution in [0.3, 0.4) is 0 Å². The third kappa shape index (κ3) is 3.34. The van der Waals surface area contributed by atoms with Gasteiger partial charge in [-0.05, 0) is 63.3 Å². The quantitative estimate of drug-likeness (QED) is 0.700. The number of hydrogen-bond donors (Lipinski definition) is 1. The fourth-order valence-corrected chi connectivity index (χ4v) is 4.03. The van der Waals surface area contributed by atoms with Gasteiger partial charge in [0.15, 0.2) is 0 Å². The highest BCUT2D eigenvalue weighted by Gasteiger charge is 2.39. The van der Waals surface area contributed by atoms with Crippen molar-refractivity contribution < 1.29 is 13.6 Å². The summed E-state index contributed by atoms with van der Waals surface area (Å²) in [5.41, 5.74) is 1.22. The zero-order valence-corrected chi connectivity index (χ0v) is 16.5. The number of nitrogens with zero attached hydrogens (tertiary/aromatic N) is 3. The Balaban J connectivity index is 1.51. The number of halogens is 1. The van der Waals surface area contributed by atoms with Crippen molar-refractivity contribution in [3.63, 3.8) is 0 Å². The number of furan rings is 1. The average molecular weight is 394 g/mol. The number of likely N-dealkylation sites (tertiary alicyclic amines) is 1. The van der Waals surface area contributed by atoms with E-state index < -0.39 is 0 Å². The van der Waals surface area contributed by atoms with Crippen molar-refractivity contribution in [3.05, 3.63) is 53.3 Å². The maximum atomic E-state index is 13.7.